The summed E-state index contributed by atoms with van der Waals surface area (Å²) in [6.07, 6.45) is 1.62. The highest BCUT2D eigenvalue weighted by molar-refractivity contribution is 7.09. The maximum Gasteiger partial charge on any atom is 0.224 e. The van der Waals surface area contributed by atoms with Crippen LogP contribution in [-0.2, 0) is 6.54 Å². The van der Waals surface area contributed by atoms with Crippen LogP contribution in [0.25, 0.3) is 0 Å². The zero-order valence-corrected chi connectivity index (χ0v) is 9.64. The third-order valence-corrected chi connectivity index (χ3v) is 3.02. The predicted molar refractivity (Wildman–Crippen MR) is 61.2 cm³/mol. The van der Waals surface area contributed by atoms with E-state index in [1.165, 1.54) is 4.88 Å². The minimum atomic E-state index is 0.251. The molecular formula is C9H9ClN4S. The van der Waals surface area contributed by atoms with Gasteiger partial charge in [0.1, 0.15) is 5.82 Å². The Bertz CT molecular complexity index is 457. The second kappa shape index (κ2) is 4.55. The number of hydrogen-bond acceptors (Lipinski definition) is 5. The summed E-state index contributed by atoms with van der Waals surface area (Å²) in [7, 11) is 0. The van der Waals surface area contributed by atoms with Gasteiger partial charge in [-0.25, -0.2) is 15.0 Å². The quantitative estimate of drug-likeness (QED) is 0.838. The molecule has 78 valence electrons. The van der Waals surface area contributed by atoms with Crippen LogP contribution >= 0.6 is 22.9 Å². The molecule has 4 nitrogen and oxygen atoms in total. The first-order valence-electron chi connectivity index (χ1n) is 4.37. The Morgan fingerprint density at radius 1 is 1.47 bits per heavy atom. The first-order valence-corrected chi connectivity index (χ1v) is 5.63. The van der Waals surface area contributed by atoms with Crippen LogP contribution in [0.3, 0.4) is 0 Å². The lowest BCUT2D eigenvalue weighted by atomic mass is 10.4. The van der Waals surface area contributed by atoms with E-state index in [2.05, 4.69) is 20.3 Å². The van der Waals surface area contributed by atoms with Crippen molar-refractivity contribution >= 4 is 28.8 Å². The largest absolute Gasteiger partial charge is 0.365 e. The number of hydrogen-bond donors (Lipinski definition) is 1. The van der Waals surface area contributed by atoms with E-state index in [0.29, 0.717) is 6.54 Å². The summed E-state index contributed by atoms with van der Waals surface area (Å²) < 4.78 is 0. The molecule has 0 saturated heterocycles. The Labute approximate surface area is 96.4 Å². The normalized spacial score (nSPS) is 10.3. The summed E-state index contributed by atoms with van der Waals surface area (Å²) in [6, 6.07) is 1.78. The van der Waals surface area contributed by atoms with E-state index in [-0.39, 0.29) is 5.28 Å². The highest BCUT2D eigenvalue weighted by Gasteiger charge is 2.01. The van der Waals surface area contributed by atoms with Gasteiger partial charge in [0.15, 0.2) is 0 Å². The van der Waals surface area contributed by atoms with Gasteiger partial charge in [0.2, 0.25) is 5.28 Å². The van der Waals surface area contributed by atoms with Crippen molar-refractivity contribution in [3.05, 3.63) is 33.6 Å². The fraction of sp³-hybridized carbons (Fsp3) is 0.222. The maximum atomic E-state index is 5.66. The molecule has 0 fully saturated rings. The fourth-order valence-electron chi connectivity index (χ4n) is 1.10. The number of thiazole rings is 1. The van der Waals surface area contributed by atoms with Crippen LogP contribution in [0.5, 0.6) is 0 Å². The van der Waals surface area contributed by atoms with Crippen LogP contribution in [0.1, 0.15) is 10.6 Å². The van der Waals surface area contributed by atoms with Gasteiger partial charge in [-0.1, -0.05) is 0 Å². The zero-order valence-electron chi connectivity index (χ0n) is 8.07. The van der Waals surface area contributed by atoms with Gasteiger partial charge in [0.05, 0.1) is 17.7 Å². The number of anilines is 1. The first-order chi connectivity index (χ1) is 7.25. The summed E-state index contributed by atoms with van der Waals surface area (Å²) in [4.78, 5) is 13.2. The molecule has 0 aromatic carbocycles. The van der Waals surface area contributed by atoms with Crippen LogP contribution in [0.15, 0.2) is 17.8 Å². The predicted octanol–water partition coefficient (Wildman–Crippen LogP) is 2.51. The number of aromatic nitrogens is 3. The molecule has 6 heteroatoms. The molecule has 2 heterocycles. The molecule has 2 rings (SSSR count). The van der Waals surface area contributed by atoms with Gasteiger partial charge >= 0.3 is 0 Å². The molecule has 1 N–H and O–H groups in total. The van der Waals surface area contributed by atoms with Crippen molar-refractivity contribution in [2.75, 3.05) is 5.32 Å². The molecule has 0 aliphatic heterocycles. The molecule has 2 aromatic heterocycles. The number of rotatable bonds is 3. The second-order valence-corrected chi connectivity index (χ2v) is 4.20. The molecule has 0 amide bonds. The van der Waals surface area contributed by atoms with Crippen LogP contribution in [0.4, 0.5) is 5.82 Å². The van der Waals surface area contributed by atoms with Crippen molar-refractivity contribution < 1.29 is 0 Å². The molecule has 0 aliphatic carbocycles. The van der Waals surface area contributed by atoms with Crippen LogP contribution in [0.2, 0.25) is 5.28 Å². The zero-order chi connectivity index (χ0) is 10.7. The number of halogens is 1. The Balaban J connectivity index is 2.02. The lowest BCUT2D eigenvalue weighted by Crippen LogP contribution is -2.01. The van der Waals surface area contributed by atoms with Gasteiger partial charge in [0, 0.05) is 11.1 Å². The molecule has 0 bridgehead atoms. The molecule has 15 heavy (non-hydrogen) atoms. The van der Waals surface area contributed by atoms with Crippen molar-refractivity contribution in [2.45, 2.75) is 13.5 Å². The summed E-state index contributed by atoms with van der Waals surface area (Å²) in [5, 5.41) is 3.41. The highest BCUT2D eigenvalue weighted by Crippen LogP contribution is 2.14. The third kappa shape index (κ3) is 2.64. The minimum absolute atomic E-state index is 0.251. The molecule has 0 spiro atoms. The second-order valence-electron chi connectivity index (χ2n) is 2.93. The summed E-state index contributed by atoms with van der Waals surface area (Å²) >= 11 is 7.29. The first kappa shape index (κ1) is 10.3. The van der Waals surface area contributed by atoms with Crippen LogP contribution < -0.4 is 5.32 Å². The van der Waals surface area contributed by atoms with Crippen molar-refractivity contribution in [3.8, 4) is 0 Å². The van der Waals surface area contributed by atoms with E-state index in [0.717, 1.165) is 11.5 Å². The average Bonchev–Trinajstić information content (AvgIpc) is 2.61. The molecule has 0 atom stereocenters. The summed E-state index contributed by atoms with van der Waals surface area (Å²) in [5.74, 6) is 0.725. The van der Waals surface area contributed by atoms with E-state index in [9.17, 15) is 0 Å². The Morgan fingerprint density at radius 2 is 2.33 bits per heavy atom. The van der Waals surface area contributed by atoms with Crippen molar-refractivity contribution in [1.82, 2.24) is 15.0 Å². The van der Waals surface area contributed by atoms with Gasteiger partial charge in [-0.2, -0.15) is 0 Å². The molecule has 0 saturated carbocycles. The molecule has 0 aliphatic rings. The standard InChI is InChI=1S/C9H9ClN4S/c1-6-7(15-5-13-6)4-12-8-2-3-11-9(10)14-8/h2-3,5H,4H2,1H3,(H,11,12,14). The summed E-state index contributed by atoms with van der Waals surface area (Å²) in [6.45, 7) is 2.70. The topological polar surface area (TPSA) is 50.7 Å². The minimum Gasteiger partial charge on any atom is -0.365 e. The number of nitrogens with one attached hydrogen (secondary N) is 1. The van der Waals surface area contributed by atoms with Crippen molar-refractivity contribution in [1.29, 1.82) is 0 Å². The fourth-order valence-corrected chi connectivity index (χ4v) is 1.96. The van der Waals surface area contributed by atoms with E-state index in [1.54, 1.807) is 23.6 Å². The van der Waals surface area contributed by atoms with Crippen LogP contribution in [-0.4, -0.2) is 15.0 Å². The van der Waals surface area contributed by atoms with Crippen molar-refractivity contribution in [2.24, 2.45) is 0 Å². The number of aryl methyl sites for hydroxylation is 1. The maximum absolute atomic E-state index is 5.66. The van der Waals surface area contributed by atoms with E-state index >= 15 is 0 Å². The van der Waals surface area contributed by atoms with Gasteiger partial charge in [-0.05, 0) is 24.6 Å². The Hall–Kier alpha value is -1.20. The molecule has 0 radical (unpaired) electrons. The Kier molecular flexibility index (Phi) is 3.13. The van der Waals surface area contributed by atoms with Gasteiger partial charge in [0.25, 0.3) is 0 Å². The van der Waals surface area contributed by atoms with Gasteiger partial charge in [-0.15, -0.1) is 11.3 Å². The van der Waals surface area contributed by atoms with E-state index in [1.807, 2.05) is 12.4 Å². The molecular weight excluding hydrogens is 232 g/mol. The average molecular weight is 241 g/mol. The third-order valence-electron chi connectivity index (χ3n) is 1.90. The van der Waals surface area contributed by atoms with E-state index < -0.39 is 0 Å². The Morgan fingerprint density at radius 3 is 3.00 bits per heavy atom. The van der Waals surface area contributed by atoms with Crippen LogP contribution in [0, 0.1) is 6.92 Å². The monoisotopic (exact) mass is 240 g/mol. The number of nitrogens with zero attached hydrogens (tertiary/aromatic N) is 3. The highest BCUT2D eigenvalue weighted by atomic mass is 35.5. The lowest BCUT2D eigenvalue weighted by molar-refractivity contribution is 1.07. The van der Waals surface area contributed by atoms with Crippen molar-refractivity contribution in [3.63, 3.8) is 0 Å². The lowest BCUT2D eigenvalue weighted by Gasteiger charge is -2.03. The SMILES string of the molecule is Cc1ncsc1CNc1ccnc(Cl)n1. The van der Waals surface area contributed by atoms with Gasteiger partial charge < -0.3 is 5.32 Å². The molecule has 2 aromatic rings. The van der Waals surface area contributed by atoms with E-state index in [4.69, 9.17) is 11.6 Å². The van der Waals surface area contributed by atoms with Gasteiger partial charge in [-0.3, -0.25) is 0 Å². The summed E-state index contributed by atoms with van der Waals surface area (Å²) in [5.41, 5.74) is 2.88. The smallest absolute Gasteiger partial charge is 0.224 e. The molecule has 0 unspecified atom stereocenters.